The van der Waals surface area contributed by atoms with Crippen LogP contribution in [0.5, 0.6) is 0 Å². The molecule has 1 saturated heterocycles. The Balaban J connectivity index is 2.22. The average Bonchev–Trinajstić information content (AvgIpc) is 3.08. The van der Waals surface area contributed by atoms with E-state index < -0.39 is 53.2 Å². The molecular weight excluding hydrogens is 569 g/mol. The molecule has 0 spiro atoms. The molecule has 1 aromatic heterocycles. The van der Waals surface area contributed by atoms with Gasteiger partial charge in [0.1, 0.15) is 6.10 Å². The number of allylic oxidation sites excluding steroid dienone is 4. The Kier molecular flexibility index (Phi) is 11.4. The van der Waals surface area contributed by atoms with Crippen LogP contribution in [-0.2, 0) is 31.6 Å². The fourth-order valence-electron chi connectivity index (χ4n) is 3.69. The minimum absolute atomic E-state index is 0.0665. The molecule has 0 aliphatic carbocycles. The lowest BCUT2D eigenvalue weighted by Crippen LogP contribution is -2.36. The summed E-state index contributed by atoms with van der Waals surface area (Å²) in [7, 11) is -16.8. The van der Waals surface area contributed by atoms with Crippen LogP contribution in [0.3, 0.4) is 0 Å². The van der Waals surface area contributed by atoms with Crippen molar-refractivity contribution in [1.82, 2.24) is 9.55 Å². The number of aryl methyl sites for hydroxylation is 1. The highest BCUT2D eigenvalue weighted by Gasteiger charge is 2.46. The van der Waals surface area contributed by atoms with Gasteiger partial charge >= 0.3 is 29.2 Å². The van der Waals surface area contributed by atoms with Crippen molar-refractivity contribution in [3.05, 3.63) is 55.9 Å². The molecular formula is C20H33N2O13P3. The number of aromatic nitrogens is 2. The molecule has 0 aromatic carbocycles. The predicted molar refractivity (Wildman–Crippen MR) is 135 cm³/mol. The number of phosphoric acid groups is 3. The van der Waals surface area contributed by atoms with E-state index >= 15 is 0 Å². The number of aromatic amines is 1. The van der Waals surface area contributed by atoms with E-state index in [2.05, 4.69) is 19.7 Å². The van der Waals surface area contributed by atoms with E-state index in [4.69, 9.17) is 19.0 Å². The molecule has 0 radical (unpaired) electrons. The maximum atomic E-state index is 12.4. The number of nitrogens with one attached hydrogen (secondary N) is 1. The highest BCUT2D eigenvalue weighted by molar-refractivity contribution is 7.66. The number of hydrogen-bond acceptors (Lipinski definition) is 9. The van der Waals surface area contributed by atoms with Crippen molar-refractivity contribution >= 4 is 23.5 Å². The Morgan fingerprint density at radius 3 is 2.34 bits per heavy atom. The smallest absolute Gasteiger partial charge is 0.352 e. The molecule has 1 aromatic rings. The molecule has 0 amide bonds. The van der Waals surface area contributed by atoms with Gasteiger partial charge in [-0.1, -0.05) is 23.3 Å². The number of hydrogen-bond donors (Lipinski definition) is 5. The Morgan fingerprint density at radius 2 is 1.74 bits per heavy atom. The second-order valence-corrected chi connectivity index (χ2v) is 13.4. The standard InChI is InChI=1S/C20H33N2O13P3/c1-13(2)7-5-8-14(3)9-6-10-16-11-17(19(32-16)22-12-15(4)18(23)21-20(22)24)33-37(28,29)35-38(30,31)34-36(25,26)27/h7,9,12,16-17,19H,5-6,8,10-11H2,1-4H3,(H,28,29)(H,30,31)(H,21,23,24)(H2,25,26,27)/b14-9+/t16-,17?,19-/m1/s1. The van der Waals surface area contributed by atoms with Gasteiger partial charge in [0.25, 0.3) is 5.56 Å². The molecule has 216 valence electrons. The molecule has 2 rings (SSSR count). The van der Waals surface area contributed by atoms with E-state index in [0.717, 1.165) is 29.2 Å². The van der Waals surface area contributed by atoms with E-state index in [1.54, 1.807) is 0 Å². The van der Waals surface area contributed by atoms with Crippen LogP contribution in [0.25, 0.3) is 0 Å². The summed E-state index contributed by atoms with van der Waals surface area (Å²) >= 11 is 0. The van der Waals surface area contributed by atoms with Crippen LogP contribution in [0.15, 0.2) is 39.1 Å². The fourth-order valence-corrected chi connectivity index (χ4v) is 6.89. The summed E-state index contributed by atoms with van der Waals surface area (Å²) in [4.78, 5) is 63.2. The third kappa shape index (κ3) is 11.0. The fraction of sp³-hybridized carbons (Fsp3) is 0.600. The molecule has 1 aliphatic rings. The highest BCUT2D eigenvalue weighted by Crippen LogP contribution is 2.67. The van der Waals surface area contributed by atoms with E-state index in [9.17, 15) is 33.1 Å². The van der Waals surface area contributed by atoms with Crippen molar-refractivity contribution in [3.63, 3.8) is 0 Å². The molecule has 0 bridgehead atoms. The van der Waals surface area contributed by atoms with E-state index in [-0.39, 0.29) is 12.0 Å². The zero-order valence-corrected chi connectivity index (χ0v) is 23.9. The topological polar surface area (TPSA) is 224 Å². The molecule has 1 aliphatic heterocycles. The largest absolute Gasteiger partial charge is 0.490 e. The van der Waals surface area contributed by atoms with Crippen LogP contribution in [0, 0.1) is 6.92 Å². The molecule has 5 atom stereocenters. The van der Waals surface area contributed by atoms with Gasteiger partial charge < -0.3 is 24.3 Å². The average molecular weight is 602 g/mol. The Bertz CT molecular complexity index is 1310. The number of ether oxygens (including phenoxy) is 1. The first kappa shape index (κ1) is 32.7. The Labute approximate surface area is 218 Å². The van der Waals surface area contributed by atoms with Crippen LogP contribution < -0.4 is 11.2 Å². The second-order valence-electron chi connectivity index (χ2n) is 9.05. The predicted octanol–water partition coefficient (Wildman–Crippen LogP) is 3.32. The minimum atomic E-state index is -5.74. The number of nitrogens with zero attached hydrogens (tertiary/aromatic N) is 1. The lowest BCUT2D eigenvalue weighted by molar-refractivity contribution is -0.0405. The molecule has 38 heavy (non-hydrogen) atoms. The third-order valence-electron chi connectivity index (χ3n) is 5.32. The first-order chi connectivity index (χ1) is 17.4. The van der Waals surface area contributed by atoms with Gasteiger partial charge in [0, 0.05) is 18.2 Å². The van der Waals surface area contributed by atoms with Crippen LogP contribution in [0.4, 0.5) is 0 Å². The Hall–Kier alpha value is -1.47. The van der Waals surface area contributed by atoms with Crippen molar-refractivity contribution in [2.75, 3.05) is 0 Å². The van der Waals surface area contributed by atoms with Gasteiger partial charge in [0.2, 0.25) is 0 Å². The van der Waals surface area contributed by atoms with E-state index in [1.165, 1.54) is 12.5 Å². The number of rotatable bonds is 13. The van der Waals surface area contributed by atoms with Crippen LogP contribution in [-0.4, -0.2) is 41.3 Å². The normalized spacial score (nSPS) is 23.6. The van der Waals surface area contributed by atoms with Gasteiger partial charge in [-0.15, -0.1) is 0 Å². The minimum Gasteiger partial charge on any atom is -0.352 e. The quantitative estimate of drug-likeness (QED) is 0.162. The maximum absolute atomic E-state index is 12.4. The second kappa shape index (κ2) is 13.3. The number of phosphoric ester groups is 1. The van der Waals surface area contributed by atoms with Gasteiger partial charge in [0.05, 0.1) is 6.10 Å². The molecule has 1 fully saturated rings. The van der Waals surface area contributed by atoms with Gasteiger partial charge in [-0.2, -0.15) is 8.62 Å². The van der Waals surface area contributed by atoms with Crippen LogP contribution >= 0.6 is 23.5 Å². The van der Waals surface area contributed by atoms with Crippen molar-refractivity contribution in [2.45, 2.75) is 78.2 Å². The first-order valence-corrected chi connectivity index (χ1v) is 16.0. The van der Waals surface area contributed by atoms with Crippen molar-refractivity contribution in [2.24, 2.45) is 0 Å². The van der Waals surface area contributed by atoms with Crippen molar-refractivity contribution in [3.8, 4) is 0 Å². The summed E-state index contributed by atoms with van der Waals surface area (Å²) in [6.07, 6.45) is 4.62. The van der Waals surface area contributed by atoms with Crippen molar-refractivity contribution < 1.29 is 51.2 Å². The monoisotopic (exact) mass is 602 g/mol. The molecule has 5 N–H and O–H groups in total. The summed E-state index contributed by atoms with van der Waals surface area (Å²) in [5.41, 5.74) is 0.941. The van der Waals surface area contributed by atoms with Crippen molar-refractivity contribution in [1.29, 1.82) is 0 Å². The number of H-pyrrole nitrogens is 1. The zero-order valence-electron chi connectivity index (χ0n) is 21.3. The van der Waals surface area contributed by atoms with E-state index in [0.29, 0.717) is 12.8 Å². The van der Waals surface area contributed by atoms with Crippen LogP contribution in [0.2, 0.25) is 0 Å². The molecule has 3 unspecified atom stereocenters. The maximum Gasteiger partial charge on any atom is 0.490 e. The SMILES string of the molecule is CC(C)=CCC/C(C)=C/CC[C@@H]1CC(OP(=O)(O)OP(=O)(O)OP(=O)(O)O)[C@H](n2cc(C)c(=O)[nH]c2=O)O1. The molecule has 18 heteroatoms. The lowest BCUT2D eigenvalue weighted by Gasteiger charge is -2.23. The molecule has 2 heterocycles. The first-order valence-electron chi connectivity index (χ1n) is 11.5. The zero-order chi connectivity index (χ0) is 28.9. The van der Waals surface area contributed by atoms with Gasteiger partial charge in [0.15, 0.2) is 6.23 Å². The summed E-state index contributed by atoms with van der Waals surface area (Å²) in [5, 5.41) is 0. The Morgan fingerprint density at radius 1 is 1.08 bits per heavy atom. The summed E-state index contributed by atoms with van der Waals surface area (Å²) in [6, 6.07) is 0. The highest BCUT2D eigenvalue weighted by atomic mass is 31.3. The summed E-state index contributed by atoms with van der Waals surface area (Å²) in [5.74, 6) is 0. The lowest BCUT2D eigenvalue weighted by atomic mass is 10.1. The van der Waals surface area contributed by atoms with Gasteiger partial charge in [-0.05, 0) is 53.4 Å². The summed E-state index contributed by atoms with van der Waals surface area (Å²) < 4.78 is 54.4. The summed E-state index contributed by atoms with van der Waals surface area (Å²) in [6.45, 7) is 7.43. The molecule has 15 nitrogen and oxygen atoms in total. The van der Waals surface area contributed by atoms with E-state index in [1.807, 2.05) is 26.8 Å². The van der Waals surface area contributed by atoms with Crippen LogP contribution in [0.1, 0.15) is 64.7 Å². The molecule has 0 saturated carbocycles. The van der Waals surface area contributed by atoms with Gasteiger partial charge in [-0.3, -0.25) is 18.9 Å². The third-order valence-corrected chi connectivity index (χ3v) is 9.19. The van der Waals surface area contributed by atoms with Gasteiger partial charge in [-0.25, -0.2) is 18.5 Å².